The third-order valence-electron chi connectivity index (χ3n) is 4.76. The second-order valence-corrected chi connectivity index (χ2v) is 9.32. The van der Waals surface area contributed by atoms with Gasteiger partial charge in [0, 0.05) is 6.07 Å². The molecule has 1 amide bonds. The van der Waals surface area contributed by atoms with E-state index in [4.69, 9.17) is 15.2 Å². The Morgan fingerprint density at radius 1 is 1.09 bits per heavy atom. The Bertz CT molecular complexity index is 1250. The number of rotatable bonds is 10. The molecule has 0 unspecified atom stereocenters. The maximum Gasteiger partial charge on any atom is 0.230 e. The number of hydrogen-bond acceptors (Lipinski definition) is 9. The molecule has 172 valence electrons. The van der Waals surface area contributed by atoms with Crippen molar-refractivity contribution in [2.24, 2.45) is 0 Å². The van der Waals surface area contributed by atoms with Gasteiger partial charge >= 0.3 is 0 Å². The van der Waals surface area contributed by atoms with Crippen LogP contribution in [0.3, 0.4) is 0 Å². The predicted octanol–water partition coefficient (Wildman–Crippen LogP) is 5.16. The molecule has 3 N–H and O–H groups in total. The topological polar surface area (TPSA) is 112 Å². The van der Waals surface area contributed by atoms with Crippen LogP contribution in [0, 0.1) is 0 Å². The van der Waals surface area contributed by atoms with Gasteiger partial charge < -0.3 is 20.5 Å². The van der Waals surface area contributed by atoms with E-state index in [9.17, 15) is 4.79 Å². The maximum atomic E-state index is 12.6. The van der Waals surface area contributed by atoms with Gasteiger partial charge in [-0.25, -0.2) is 4.98 Å². The molecule has 0 saturated carbocycles. The van der Waals surface area contributed by atoms with E-state index in [2.05, 4.69) is 27.4 Å². The maximum absolute atomic E-state index is 12.6. The number of nitrogen functional groups attached to an aromatic ring is 1. The molecule has 0 radical (unpaired) electrons. The fraction of sp³-hybridized carbons (Fsp3) is 0.304. The molecule has 33 heavy (non-hydrogen) atoms. The summed E-state index contributed by atoms with van der Waals surface area (Å²) >= 11 is 2.71. The molecule has 0 aliphatic rings. The van der Waals surface area contributed by atoms with Crippen molar-refractivity contribution in [1.82, 2.24) is 15.2 Å². The predicted molar refractivity (Wildman–Crippen MR) is 133 cm³/mol. The van der Waals surface area contributed by atoms with Crippen molar-refractivity contribution in [3.05, 3.63) is 42.0 Å². The molecule has 8 nitrogen and oxygen atoms in total. The van der Waals surface area contributed by atoms with E-state index in [0.29, 0.717) is 34.2 Å². The van der Waals surface area contributed by atoms with Crippen molar-refractivity contribution in [2.75, 3.05) is 24.3 Å². The van der Waals surface area contributed by atoms with Crippen LogP contribution in [0.15, 0.2) is 36.4 Å². The summed E-state index contributed by atoms with van der Waals surface area (Å²) in [4.78, 5) is 16.8. The van der Waals surface area contributed by atoms with Gasteiger partial charge in [0.2, 0.25) is 11.0 Å². The van der Waals surface area contributed by atoms with Crippen molar-refractivity contribution in [3.63, 3.8) is 0 Å². The van der Waals surface area contributed by atoms with Crippen LogP contribution in [0.2, 0.25) is 0 Å². The number of nitrogens with one attached hydrogen (secondary N) is 1. The Balaban J connectivity index is 1.46. The molecular weight excluding hydrogens is 458 g/mol. The van der Waals surface area contributed by atoms with Gasteiger partial charge in [-0.15, -0.1) is 10.2 Å². The lowest BCUT2D eigenvalue weighted by Crippen LogP contribution is -2.14. The number of thiazole rings is 1. The van der Waals surface area contributed by atoms with Crippen molar-refractivity contribution in [1.29, 1.82) is 0 Å². The average molecular weight is 484 g/mol. The minimum Gasteiger partial charge on any atom is -0.494 e. The Morgan fingerprint density at radius 3 is 2.79 bits per heavy atom. The average Bonchev–Trinajstić information content (AvgIpc) is 3.39. The first-order chi connectivity index (χ1) is 16.1. The van der Waals surface area contributed by atoms with Crippen molar-refractivity contribution in [3.8, 4) is 22.1 Å². The summed E-state index contributed by atoms with van der Waals surface area (Å²) in [6, 6.07) is 11.4. The third-order valence-corrected chi connectivity index (χ3v) is 6.47. The normalized spacial score (nSPS) is 11.0. The molecule has 10 heteroatoms. The van der Waals surface area contributed by atoms with Crippen molar-refractivity contribution >= 4 is 49.1 Å². The number of anilines is 2. The highest BCUT2D eigenvalue weighted by molar-refractivity contribution is 7.22. The number of nitrogens with zero attached hydrogens (tertiary/aromatic N) is 3. The van der Waals surface area contributed by atoms with E-state index in [1.165, 1.54) is 22.7 Å². The van der Waals surface area contributed by atoms with Crippen LogP contribution in [0.5, 0.6) is 11.5 Å². The van der Waals surface area contributed by atoms with Gasteiger partial charge in [0.05, 0.1) is 35.4 Å². The van der Waals surface area contributed by atoms with Crippen LogP contribution in [0.1, 0.15) is 32.3 Å². The highest BCUT2D eigenvalue weighted by atomic mass is 32.1. The van der Waals surface area contributed by atoms with Gasteiger partial charge in [-0.1, -0.05) is 42.1 Å². The molecule has 0 aliphatic carbocycles. The zero-order valence-corrected chi connectivity index (χ0v) is 20.1. The number of carbonyl (C=O) groups excluding carboxylic acids is 1. The minimum absolute atomic E-state index is 0.166. The Kier molecular flexibility index (Phi) is 7.36. The SMILES string of the molecule is CCCCOc1cc(OCC)ccc1-c1nnc(NC(=O)Cc2ccc3nc(N)sc3c2)s1. The minimum atomic E-state index is -0.166. The highest BCUT2D eigenvalue weighted by Gasteiger charge is 2.15. The fourth-order valence-corrected chi connectivity index (χ4v) is 4.80. The highest BCUT2D eigenvalue weighted by Crippen LogP contribution is 2.36. The second-order valence-electron chi connectivity index (χ2n) is 7.28. The van der Waals surface area contributed by atoms with E-state index in [-0.39, 0.29) is 12.3 Å². The van der Waals surface area contributed by atoms with Crippen LogP contribution in [0.4, 0.5) is 10.3 Å². The monoisotopic (exact) mass is 483 g/mol. The van der Waals surface area contributed by atoms with Gasteiger partial charge in [-0.2, -0.15) is 0 Å². The first-order valence-electron chi connectivity index (χ1n) is 10.7. The quantitative estimate of drug-likeness (QED) is 0.300. The molecule has 2 aromatic heterocycles. The molecular formula is C23H25N5O3S2. The summed E-state index contributed by atoms with van der Waals surface area (Å²) in [5.41, 5.74) is 8.30. The first-order valence-corrected chi connectivity index (χ1v) is 12.4. The van der Waals surface area contributed by atoms with Crippen molar-refractivity contribution in [2.45, 2.75) is 33.1 Å². The van der Waals surface area contributed by atoms with Gasteiger partial charge in [0.1, 0.15) is 11.5 Å². The molecule has 0 fully saturated rings. The zero-order valence-electron chi connectivity index (χ0n) is 18.5. The number of amides is 1. The molecule has 0 spiro atoms. The molecule has 0 aliphatic heterocycles. The van der Waals surface area contributed by atoms with Gasteiger partial charge in [0.15, 0.2) is 10.1 Å². The van der Waals surface area contributed by atoms with E-state index >= 15 is 0 Å². The molecule has 4 rings (SSSR count). The zero-order chi connectivity index (χ0) is 23.2. The number of carbonyl (C=O) groups is 1. The Labute approximate surface area is 199 Å². The number of unbranched alkanes of at least 4 members (excludes halogenated alkanes) is 1. The van der Waals surface area contributed by atoms with Gasteiger partial charge in [0.25, 0.3) is 0 Å². The standard InChI is InChI=1S/C23H25N5O3S2/c1-3-5-10-31-18-13-15(30-4-2)7-8-16(18)21-27-28-23(33-21)26-20(29)12-14-6-9-17-19(11-14)32-22(24)25-17/h6-9,11,13H,3-5,10,12H2,1-2H3,(H2,24,25)(H,26,28,29). The van der Waals surface area contributed by atoms with E-state index < -0.39 is 0 Å². The van der Waals surface area contributed by atoms with Gasteiger partial charge in [-0.05, 0) is 43.2 Å². The lowest BCUT2D eigenvalue weighted by atomic mass is 10.1. The van der Waals surface area contributed by atoms with Crippen LogP contribution in [0.25, 0.3) is 20.8 Å². The summed E-state index contributed by atoms with van der Waals surface area (Å²) in [6.07, 6.45) is 2.21. The number of aromatic nitrogens is 3. The number of benzene rings is 2. The summed E-state index contributed by atoms with van der Waals surface area (Å²) < 4.78 is 12.6. The summed E-state index contributed by atoms with van der Waals surface area (Å²) in [7, 11) is 0. The molecule has 0 bridgehead atoms. The van der Waals surface area contributed by atoms with Crippen LogP contribution >= 0.6 is 22.7 Å². The third kappa shape index (κ3) is 5.77. The van der Waals surface area contributed by atoms with Crippen LogP contribution in [-0.2, 0) is 11.2 Å². The number of fused-ring (bicyclic) bond motifs is 1. The van der Waals surface area contributed by atoms with Gasteiger partial charge in [-0.3, -0.25) is 4.79 Å². The molecule has 4 aromatic rings. The van der Waals surface area contributed by atoms with E-state index in [1.54, 1.807) is 0 Å². The summed E-state index contributed by atoms with van der Waals surface area (Å²) in [6.45, 7) is 5.24. The number of ether oxygens (including phenoxy) is 2. The van der Waals surface area contributed by atoms with Crippen LogP contribution in [-0.4, -0.2) is 34.3 Å². The molecule has 0 atom stereocenters. The molecule has 0 saturated heterocycles. The largest absolute Gasteiger partial charge is 0.494 e. The number of nitrogens with two attached hydrogens (primary N) is 1. The smallest absolute Gasteiger partial charge is 0.230 e. The number of hydrogen-bond donors (Lipinski definition) is 2. The first kappa shape index (κ1) is 22.9. The summed E-state index contributed by atoms with van der Waals surface area (Å²) in [5, 5.41) is 12.9. The van der Waals surface area contributed by atoms with E-state index in [0.717, 1.165) is 39.9 Å². The van der Waals surface area contributed by atoms with Crippen LogP contribution < -0.4 is 20.5 Å². The molecule has 2 heterocycles. The molecule has 2 aromatic carbocycles. The Hall–Kier alpha value is -3.24. The fourth-order valence-electron chi connectivity index (χ4n) is 3.21. The van der Waals surface area contributed by atoms with E-state index in [1.807, 2.05) is 43.3 Å². The lowest BCUT2D eigenvalue weighted by Gasteiger charge is -2.11. The second kappa shape index (κ2) is 10.6. The van der Waals surface area contributed by atoms with Crippen molar-refractivity contribution < 1.29 is 14.3 Å². The summed E-state index contributed by atoms with van der Waals surface area (Å²) in [5.74, 6) is 1.27. The lowest BCUT2D eigenvalue weighted by molar-refractivity contribution is -0.115. The Morgan fingerprint density at radius 2 is 1.97 bits per heavy atom.